The summed E-state index contributed by atoms with van der Waals surface area (Å²) in [6.07, 6.45) is 1.26. The lowest BCUT2D eigenvalue weighted by Gasteiger charge is -2.34. The van der Waals surface area contributed by atoms with E-state index in [1.54, 1.807) is 0 Å². The van der Waals surface area contributed by atoms with Crippen LogP contribution >= 0.6 is 0 Å². The monoisotopic (exact) mass is 295 g/mol. The predicted molar refractivity (Wildman–Crippen MR) is 89.9 cm³/mol. The fourth-order valence-corrected chi connectivity index (χ4v) is 3.28. The van der Waals surface area contributed by atoms with Gasteiger partial charge in [0.25, 0.3) is 0 Å². The maximum atomic E-state index is 4.45. The molecule has 0 bridgehead atoms. The minimum Gasteiger partial charge on any atom is -0.355 e. The average Bonchev–Trinajstić information content (AvgIpc) is 2.84. The molecule has 5 nitrogen and oxygen atoms in total. The van der Waals surface area contributed by atoms with Gasteiger partial charge in [0.2, 0.25) is 0 Å². The molecule has 122 valence electrons. The Hall–Kier alpha value is -0.810. The van der Waals surface area contributed by atoms with Crippen molar-refractivity contribution < 1.29 is 0 Å². The lowest BCUT2D eigenvalue weighted by Crippen LogP contribution is -2.49. The van der Waals surface area contributed by atoms with Crippen molar-refractivity contribution in [2.75, 3.05) is 66.0 Å². The van der Waals surface area contributed by atoms with E-state index in [0.717, 1.165) is 32.1 Å². The van der Waals surface area contributed by atoms with E-state index in [0.29, 0.717) is 5.41 Å². The molecule has 0 saturated carbocycles. The number of nitrogens with zero attached hydrogens (tertiary/aromatic N) is 4. The van der Waals surface area contributed by atoms with Crippen LogP contribution in [-0.2, 0) is 0 Å². The van der Waals surface area contributed by atoms with E-state index in [1.165, 1.54) is 39.1 Å². The van der Waals surface area contributed by atoms with Crippen molar-refractivity contribution in [1.29, 1.82) is 0 Å². The first-order valence-corrected chi connectivity index (χ1v) is 8.44. The first-order valence-electron chi connectivity index (χ1n) is 8.44. The van der Waals surface area contributed by atoms with Gasteiger partial charge in [0.05, 0.1) is 0 Å². The van der Waals surface area contributed by atoms with Crippen LogP contribution in [0.1, 0.15) is 27.2 Å². The summed E-state index contributed by atoms with van der Waals surface area (Å²) in [4.78, 5) is 11.9. The Balaban J connectivity index is 1.68. The molecular formula is C16H33N5. The number of hydrogen-bond acceptors (Lipinski definition) is 3. The molecule has 0 radical (unpaired) electrons. The molecular weight excluding hydrogens is 262 g/mol. The predicted octanol–water partition coefficient (Wildman–Crippen LogP) is 0.931. The summed E-state index contributed by atoms with van der Waals surface area (Å²) in [7, 11) is 1.90. The highest BCUT2D eigenvalue weighted by Gasteiger charge is 2.30. The zero-order valence-electron chi connectivity index (χ0n) is 14.4. The highest BCUT2D eigenvalue weighted by atomic mass is 15.3. The van der Waals surface area contributed by atoms with Crippen LogP contribution in [-0.4, -0.2) is 86.6 Å². The SMILES string of the molecule is CCN1CCN(CCNC(=NC)N2CCC(C)(C)C2)CC1. The van der Waals surface area contributed by atoms with Crippen molar-refractivity contribution in [3.8, 4) is 0 Å². The molecule has 0 spiro atoms. The third kappa shape index (κ3) is 4.85. The summed E-state index contributed by atoms with van der Waals surface area (Å²) < 4.78 is 0. The number of likely N-dealkylation sites (N-methyl/N-ethyl adjacent to an activating group) is 1. The number of nitrogens with one attached hydrogen (secondary N) is 1. The molecule has 2 saturated heterocycles. The molecule has 0 aromatic rings. The van der Waals surface area contributed by atoms with E-state index in [9.17, 15) is 0 Å². The fourth-order valence-electron chi connectivity index (χ4n) is 3.28. The number of aliphatic imine (C=N–C) groups is 1. The summed E-state index contributed by atoms with van der Waals surface area (Å²) in [6, 6.07) is 0. The van der Waals surface area contributed by atoms with E-state index in [1.807, 2.05) is 7.05 Å². The van der Waals surface area contributed by atoms with Crippen molar-refractivity contribution >= 4 is 5.96 Å². The zero-order chi connectivity index (χ0) is 15.3. The summed E-state index contributed by atoms with van der Waals surface area (Å²) in [5.74, 6) is 1.08. The number of piperazine rings is 1. The molecule has 0 aliphatic carbocycles. The van der Waals surface area contributed by atoms with Crippen LogP contribution in [0.5, 0.6) is 0 Å². The minimum atomic E-state index is 0.425. The molecule has 0 atom stereocenters. The molecule has 1 N–H and O–H groups in total. The summed E-state index contributed by atoms with van der Waals surface area (Å²) in [6.45, 7) is 17.3. The third-order valence-corrected chi connectivity index (χ3v) is 4.81. The van der Waals surface area contributed by atoms with Gasteiger partial charge in [0.15, 0.2) is 5.96 Å². The van der Waals surface area contributed by atoms with Crippen molar-refractivity contribution in [1.82, 2.24) is 20.0 Å². The largest absolute Gasteiger partial charge is 0.355 e. The van der Waals surface area contributed by atoms with Gasteiger partial charge in [0, 0.05) is 59.4 Å². The lowest BCUT2D eigenvalue weighted by atomic mass is 9.93. The minimum absolute atomic E-state index is 0.425. The Morgan fingerprint density at radius 2 is 1.76 bits per heavy atom. The van der Waals surface area contributed by atoms with Crippen LogP contribution < -0.4 is 5.32 Å². The molecule has 0 aromatic carbocycles. The molecule has 2 aliphatic rings. The maximum Gasteiger partial charge on any atom is 0.193 e. The molecule has 2 heterocycles. The Morgan fingerprint density at radius 1 is 1.10 bits per heavy atom. The van der Waals surface area contributed by atoms with Crippen molar-refractivity contribution in [2.24, 2.45) is 10.4 Å². The van der Waals surface area contributed by atoms with Gasteiger partial charge in [-0.3, -0.25) is 9.89 Å². The quantitative estimate of drug-likeness (QED) is 0.618. The van der Waals surface area contributed by atoms with Crippen molar-refractivity contribution in [2.45, 2.75) is 27.2 Å². The molecule has 0 amide bonds. The Bertz CT molecular complexity index is 345. The molecule has 0 aromatic heterocycles. The van der Waals surface area contributed by atoms with E-state index in [4.69, 9.17) is 0 Å². The van der Waals surface area contributed by atoms with Crippen LogP contribution in [0.3, 0.4) is 0 Å². The average molecular weight is 295 g/mol. The Labute approximate surface area is 130 Å². The number of hydrogen-bond donors (Lipinski definition) is 1. The molecule has 2 rings (SSSR count). The number of likely N-dealkylation sites (tertiary alicyclic amines) is 1. The first-order chi connectivity index (χ1) is 10.0. The van der Waals surface area contributed by atoms with Gasteiger partial charge in [-0.05, 0) is 18.4 Å². The van der Waals surface area contributed by atoms with Gasteiger partial charge < -0.3 is 15.1 Å². The van der Waals surface area contributed by atoms with Gasteiger partial charge in [-0.1, -0.05) is 20.8 Å². The topological polar surface area (TPSA) is 34.1 Å². The summed E-state index contributed by atoms with van der Waals surface area (Å²) in [5, 5.41) is 3.54. The zero-order valence-corrected chi connectivity index (χ0v) is 14.4. The van der Waals surface area contributed by atoms with Gasteiger partial charge in [-0.2, -0.15) is 0 Å². The Kier molecular flexibility index (Phi) is 5.88. The van der Waals surface area contributed by atoms with Gasteiger partial charge in [-0.15, -0.1) is 0 Å². The van der Waals surface area contributed by atoms with Crippen LogP contribution in [0, 0.1) is 5.41 Å². The van der Waals surface area contributed by atoms with Crippen molar-refractivity contribution in [3.05, 3.63) is 0 Å². The fraction of sp³-hybridized carbons (Fsp3) is 0.938. The lowest BCUT2D eigenvalue weighted by molar-refractivity contribution is 0.139. The van der Waals surface area contributed by atoms with Gasteiger partial charge >= 0.3 is 0 Å². The van der Waals surface area contributed by atoms with E-state index >= 15 is 0 Å². The van der Waals surface area contributed by atoms with Crippen LogP contribution in [0.15, 0.2) is 4.99 Å². The third-order valence-electron chi connectivity index (χ3n) is 4.81. The Morgan fingerprint density at radius 3 is 2.29 bits per heavy atom. The van der Waals surface area contributed by atoms with Gasteiger partial charge in [-0.25, -0.2) is 0 Å². The molecule has 0 unspecified atom stereocenters. The first kappa shape index (κ1) is 16.6. The number of guanidine groups is 1. The normalized spacial score (nSPS) is 24.6. The van der Waals surface area contributed by atoms with Crippen molar-refractivity contribution in [3.63, 3.8) is 0 Å². The smallest absolute Gasteiger partial charge is 0.193 e. The molecule has 21 heavy (non-hydrogen) atoms. The van der Waals surface area contributed by atoms with E-state index in [2.05, 4.69) is 45.8 Å². The second-order valence-corrected chi connectivity index (χ2v) is 7.09. The van der Waals surface area contributed by atoms with Crippen LogP contribution in [0.2, 0.25) is 0 Å². The van der Waals surface area contributed by atoms with Gasteiger partial charge in [0.1, 0.15) is 0 Å². The second kappa shape index (κ2) is 7.45. The van der Waals surface area contributed by atoms with Crippen LogP contribution in [0.25, 0.3) is 0 Å². The summed E-state index contributed by atoms with van der Waals surface area (Å²) in [5.41, 5.74) is 0.425. The standard InChI is InChI=1S/C16H33N5/c1-5-19-10-12-20(13-11-19)9-7-18-15(17-4)21-8-6-16(2,3)14-21/h5-14H2,1-4H3,(H,17,18). The second-order valence-electron chi connectivity index (χ2n) is 7.09. The number of rotatable bonds is 4. The van der Waals surface area contributed by atoms with E-state index < -0.39 is 0 Å². The molecule has 2 fully saturated rings. The maximum absolute atomic E-state index is 4.45. The van der Waals surface area contributed by atoms with E-state index in [-0.39, 0.29) is 0 Å². The highest BCUT2D eigenvalue weighted by molar-refractivity contribution is 5.80. The summed E-state index contributed by atoms with van der Waals surface area (Å²) >= 11 is 0. The highest BCUT2D eigenvalue weighted by Crippen LogP contribution is 2.28. The molecule has 5 heteroatoms. The van der Waals surface area contributed by atoms with Crippen LogP contribution in [0.4, 0.5) is 0 Å². The molecule has 2 aliphatic heterocycles.